The maximum absolute atomic E-state index is 12.0. The van der Waals surface area contributed by atoms with Gasteiger partial charge in [0, 0.05) is 18.6 Å². The molecule has 1 atom stereocenters. The Bertz CT molecular complexity index is 561. The first-order chi connectivity index (χ1) is 11.3. The Hall–Kier alpha value is -1.55. The molecule has 1 aliphatic heterocycles. The monoisotopic (exact) mass is 330 g/mol. The van der Waals surface area contributed by atoms with E-state index in [1.807, 2.05) is 20.8 Å². The molecule has 0 bridgehead atoms. The van der Waals surface area contributed by atoms with Crippen LogP contribution in [0.2, 0.25) is 0 Å². The van der Waals surface area contributed by atoms with Crippen molar-refractivity contribution in [2.75, 3.05) is 13.1 Å². The molecule has 4 heteroatoms. The number of ether oxygens (including phenoxy) is 1. The quantitative estimate of drug-likeness (QED) is 0.888. The second-order valence-electron chi connectivity index (χ2n) is 8.49. The molecule has 1 aromatic carbocycles. The van der Waals surface area contributed by atoms with Crippen molar-refractivity contribution in [3.8, 4) is 0 Å². The van der Waals surface area contributed by atoms with Gasteiger partial charge in [-0.1, -0.05) is 30.3 Å². The van der Waals surface area contributed by atoms with Crippen molar-refractivity contribution in [2.24, 2.45) is 5.92 Å². The van der Waals surface area contributed by atoms with Crippen LogP contribution in [0.15, 0.2) is 30.3 Å². The Morgan fingerprint density at radius 3 is 2.62 bits per heavy atom. The number of benzene rings is 1. The summed E-state index contributed by atoms with van der Waals surface area (Å²) >= 11 is 0. The summed E-state index contributed by atoms with van der Waals surface area (Å²) in [5, 5.41) is 3.14. The number of carbonyl (C=O) groups is 1. The third-order valence-electron chi connectivity index (χ3n) is 4.92. The Balaban J connectivity index is 1.46. The highest BCUT2D eigenvalue weighted by molar-refractivity contribution is 5.69. The minimum absolute atomic E-state index is 0.00421. The van der Waals surface area contributed by atoms with Gasteiger partial charge in [0.15, 0.2) is 0 Å². The van der Waals surface area contributed by atoms with Crippen molar-refractivity contribution in [1.29, 1.82) is 0 Å². The molecule has 1 aromatic rings. The first-order valence-electron chi connectivity index (χ1n) is 9.11. The first kappa shape index (κ1) is 17.3. The molecule has 4 nitrogen and oxygen atoms in total. The fourth-order valence-corrected chi connectivity index (χ4v) is 3.67. The van der Waals surface area contributed by atoms with Gasteiger partial charge in [0.05, 0.1) is 0 Å². The van der Waals surface area contributed by atoms with Crippen LogP contribution in [0.4, 0.5) is 4.79 Å². The second-order valence-corrected chi connectivity index (χ2v) is 8.49. The standard InChI is InChI=1S/C20H30N2O2/c1-19(2,3)24-18(23)21-20(10-11-20)13-17-9-12-22(15-17)14-16-7-5-4-6-8-16/h4-8,17H,9-15H2,1-3H3,(H,21,23). The molecule has 132 valence electrons. The average Bonchev–Trinajstić information content (AvgIpc) is 3.07. The van der Waals surface area contributed by atoms with Crippen LogP contribution < -0.4 is 5.32 Å². The zero-order chi connectivity index (χ0) is 17.2. The van der Waals surface area contributed by atoms with E-state index < -0.39 is 5.60 Å². The summed E-state index contributed by atoms with van der Waals surface area (Å²) in [5.41, 5.74) is 0.946. The van der Waals surface area contributed by atoms with E-state index >= 15 is 0 Å². The van der Waals surface area contributed by atoms with E-state index in [9.17, 15) is 4.79 Å². The minimum Gasteiger partial charge on any atom is -0.444 e. The summed E-state index contributed by atoms with van der Waals surface area (Å²) in [5.74, 6) is 0.672. The van der Waals surface area contributed by atoms with Crippen LogP contribution >= 0.6 is 0 Å². The van der Waals surface area contributed by atoms with Crippen LogP contribution in [0.25, 0.3) is 0 Å². The van der Waals surface area contributed by atoms with Gasteiger partial charge < -0.3 is 10.1 Å². The fraction of sp³-hybridized carbons (Fsp3) is 0.650. The fourth-order valence-electron chi connectivity index (χ4n) is 3.67. The number of hydrogen-bond acceptors (Lipinski definition) is 3. The van der Waals surface area contributed by atoms with Crippen LogP contribution in [-0.4, -0.2) is 35.2 Å². The van der Waals surface area contributed by atoms with Crippen molar-refractivity contribution in [2.45, 2.75) is 64.1 Å². The normalized spacial score (nSPS) is 23.0. The molecule has 2 fully saturated rings. The van der Waals surface area contributed by atoms with E-state index in [2.05, 4.69) is 40.5 Å². The zero-order valence-electron chi connectivity index (χ0n) is 15.2. The Kier molecular flexibility index (Phi) is 4.86. The van der Waals surface area contributed by atoms with Crippen LogP contribution in [0.3, 0.4) is 0 Å². The van der Waals surface area contributed by atoms with Gasteiger partial charge in [0.25, 0.3) is 0 Å². The Morgan fingerprint density at radius 2 is 2.00 bits per heavy atom. The van der Waals surface area contributed by atoms with Crippen molar-refractivity contribution in [3.63, 3.8) is 0 Å². The highest BCUT2D eigenvalue weighted by atomic mass is 16.6. The summed E-state index contributed by atoms with van der Waals surface area (Å²) < 4.78 is 5.42. The number of hydrogen-bond donors (Lipinski definition) is 1. The van der Waals surface area contributed by atoms with Crippen molar-refractivity contribution >= 4 is 6.09 Å². The summed E-state index contributed by atoms with van der Waals surface area (Å²) in [6.45, 7) is 9.04. The second kappa shape index (κ2) is 6.75. The number of rotatable bonds is 5. The lowest BCUT2D eigenvalue weighted by Gasteiger charge is -2.25. The largest absolute Gasteiger partial charge is 0.444 e. The van der Waals surface area contributed by atoms with E-state index in [0.717, 1.165) is 38.9 Å². The maximum Gasteiger partial charge on any atom is 0.408 e. The van der Waals surface area contributed by atoms with E-state index in [1.54, 1.807) is 0 Å². The number of alkyl carbamates (subject to hydrolysis) is 1. The number of nitrogens with one attached hydrogen (secondary N) is 1. The van der Waals surface area contributed by atoms with Gasteiger partial charge in [0.1, 0.15) is 5.60 Å². The van der Waals surface area contributed by atoms with Gasteiger partial charge >= 0.3 is 6.09 Å². The Labute approximate surface area is 145 Å². The van der Waals surface area contributed by atoms with Gasteiger partial charge in [-0.15, -0.1) is 0 Å². The van der Waals surface area contributed by atoms with E-state index in [-0.39, 0.29) is 11.6 Å². The lowest BCUT2D eigenvalue weighted by molar-refractivity contribution is 0.0488. The molecule has 1 heterocycles. The van der Waals surface area contributed by atoms with Gasteiger partial charge in [0.2, 0.25) is 0 Å². The van der Waals surface area contributed by atoms with Crippen LogP contribution in [0.1, 0.15) is 52.0 Å². The number of nitrogens with zero attached hydrogens (tertiary/aromatic N) is 1. The molecular weight excluding hydrogens is 300 g/mol. The first-order valence-corrected chi connectivity index (χ1v) is 9.11. The highest BCUT2D eigenvalue weighted by Gasteiger charge is 2.47. The van der Waals surface area contributed by atoms with E-state index in [4.69, 9.17) is 4.74 Å². The predicted octanol–water partition coefficient (Wildman–Crippen LogP) is 3.96. The average molecular weight is 330 g/mol. The molecule has 0 spiro atoms. The third-order valence-corrected chi connectivity index (χ3v) is 4.92. The SMILES string of the molecule is CC(C)(C)OC(=O)NC1(CC2CCN(Cc3ccccc3)C2)CC1. The summed E-state index contributed by atoms with van der Waals surface area (Å²) in [6, 6.07) is 10.7. The molecule has 0 aromatic heterocycles. The maximum atomic E-state index is 12.0. The van der Waals surface area contributed by atoms with Crippen molar-refractivity contribution < 1.29 is 9.53 Å². The van der Waals surface area contributed by atoms with Gasteiger partial charge in [-0.25, -0.2) is 4.79 Å². The number of likely N-dealkylation sites (tertiary alicyclic amines) is 1. The highest BCUT2D eigenvalue weighted by Crippen LogP contribution is 2.43. The molecular formula is C20H30N2O2. The molecule has 1 aliphatic carbocycles. The van der Waals surface area contributed by atoms with Gasteiger partial charge in [-0.05, 0) is 64.5 Å². The molecule has 1 saturated carbocycles. The summed E-state index contributed by atoms with van der Waals surface area (Å²) in [7, 11) is 0. The summed E-state index contributed by atoms with van der Waals surface area (Å²) in [4.78, 5) is 14.6. The number of amides is 1. The summed E-state index contributed by atoms with van der Waals surface area (Å²) in [6.07, 6.45) is 4.21. The van der Waals surface area contributed by atoms with Gasteiger partial charge in [-0.3, -0.25) is 4.90 Å². The molecule has 3 rings (SSSR count). The van der Waals surface area contributed by atoms with Gasteiger partial charge in [-0.2, -0.15) is 0 Å². The van der Waals surface area contributed by atoms with Crippen molar-refractivity contribution in [1.82, 2.24) is 10.2 Å². The van der Waals surface area contributed by atoms with E-state index in [0.29, 0.717) is 5.92 Å². The zero-order valence-corrected chi connectivity index (χ0v) is 15.2. The predicted molar refractivity (Wildman–Crippen MR) is 95.8 cm³/mol. The Morgan fingerprint density at radius 1 is 1.29 bits per heavy atom. The smallest absolute Gasteiger partial charge is 0.408 e. The molecule has 1 amide bonds. The molecule has 24 heavy (non-hydrogen) atoms. The molecule has 1 saturated heterocycles. The topological polar surface area (TPSA) is 41.6 Å². The molecule has 0 radical (unpaired) electrons. The lowest BCUT2D eigenvalue weighted by atomic mass is 9.97. The van der Waals surface area contributed by atoms with Crippen LogP contribution in [-0.2, 0) is 11.3 Å². The van der Waals surface area contributed by atoms with Crippen molar-refractivity contribution in [3.05, 3.63) is 35.9 Å². The minimum atomic E-state index is -0.431. The molecule has 1 N–H and O–H groups in total. The molecule has 1 unspecified atom stereocenters. The van der Waals surface area contributed by atoms with Crippen LogP contribution in [0.5, 0.6) is 0 Å². The molecule has 2 aliphatic rings. The van der Waals surface area contributed by atoms with E-state index in [1.165, 1.54) is 12.0 Å². The van der Waals surface area contributed by atoms with Crippen LogP contribution in [0, 0.1) is 5.92 Å². The third kappa shape index (κ3) is 4.97. The lowest BCUT2D eigenvalue weighted by Crippen LogP contribution is -2.42. The number of carbonyl (C=O) groups excluding carboxylic acids is 1.